The summed E-state index contributed by atoms with van der Waals surface area (Å²) in [4.78, 5) is 13.7. The van der Waals surface area contributed by atoms with Crippen LogP contribution >= 0.6 is 0 Å². The van der Waals surface area contributed by atoms with Gasteiger partial charge in [-0.25, -0.2) is 13.4 Å². The molecule has 1 aliphatic rings. The molecule has 0 saturated carbocycles. The van der Waals surface area contributed by atoms with E-state index in [1.807, 2.05) is 55.5 Å². The number of nitrogens with one attached hydrogen (secondary N) is 1. The van der Waals surface area contributed by atoms with Gasteiger partial charge >= 0.3 is 0 Å². The molecule has 0 bridgehead atoms. The van der Waals surface area contributed by atoms with Gasteiger partial charge in [0.2, 0.25) is 0 Å². The Labute approximate surface area is 211 Å². The van der Waals surface area contributed by atoms with Crippen molar-refractivity contribution in [2.75, 3.05) is 4.72 Å². The average molecular weight is 496 g/mol. The van der Waals surface area contributed by atoms with E-state index in [0.717, 1.165) is 11.1 Å². The number of para-hydroxylation sites is 1. The number of hydrogen-bond acceptors (Lipinski definition) is 4. The molecule has 1 aliphatic heterocycles. The molecule has 0 aliphatic carbocycles. The maximum atomic E-state index is 13.5. The third-order valence-electron chi connectivity index (χ3n) is 6.10. The van der Waals surface area contributed by atoms with E-state index < -0.39 is 10.0 Å². The normalized spacial score (nSPS) is 15.4. The average Bonchev–Trinajstić information content (AvgIpc) is 3.35. The number of hydrogen-bond donors (Lipinski definition) is 1. The van der Waals surface area contributed by atoms with Crippen LogP contribution in [0, 0.1) is 6.92 Å². The lowest BCUT2D eigenvalue weighted by Crippen LogP contribution is -2.27. The van der Waals surface area contributed by atoms with Gasteiger partial charge in [0.25, 0.3) is 15.9 Å². The number of nitrogens with zero attached hydrogens (tertiary/aromatic N) is 2. The second-order valence-electron chi connectivity index (χ2n) is 8.66. The van der Waals surface area contributed by atoms with Crippen molar-refractivity contribution in [3.8, 4) is 0 Å². The van der Waals surface area contributed by atoms with Crippen LogP contribution in [-0.2, 0) is 10.0 Å². The topological polar surface area (TPSA) is 78.8 Å². The fraction of sp³-hybridized carbons (Fsp3) is 0.103. The van der Waals surface area contributed by atoms with Crippen LogP contribution in [0.3, 0.4) is 0 Å². The predicted octanol–water partition coefficient (Wildman–Crippen LogP) is 5.79. The number of aryl methyl sites for hydroxylation is 1. The Hall–Kier alpha value is -4.23. The summed E-state index contributed by atoms with van der Waals surface area (Å²) in [5.74, 6) is -0.209. The minimum atomic E-state index is -3.80. The lowest BCUT2D eigenvalue weighted by molar-refractivity contribution is 0.0711. The largest absolute Gasteiger partial charge is 0.279 e. The molecule has 36 heavy (non-hydrogen) atoms. The van der Waals surface area contributed by atoms with Gasteiger partial charge in [-0.2, -0.15) is 5.10 Å². The Kier molecular flexibility index (Phi) is 6.40. The number of anilines is 1. The van der Waals surface area contributed by atoms with Crippen molar-refractivity contribution >= 4 is 27.3 Å². The van der Waals surface area contributed by atoms with Crippen molar-refractivity contribution < 1.29 is 13.2 Å². The van der Waals surface area contributed by atoms with Crippen LogP contribution in [0.15, 0.2) is 119 Å². The molecule has 4 aromatic carbocycles. The molecule has 0 aromatic heterocycles. The zero-order valence-electron chi connectivity index (χ0n) is 19.7. The van der Waals surface area contributed by atoms with E-state index in [-0.39, 0.29) is 16.8 Å². The molecule has 4 aromatic rings. The summed E-state index contributed by atoms with van der Waals surface area (Å²) in [5.41, 5.74) is 4.29. The van der Waals surface area contributed by atoms with Crippen molar-refractivity contribution in [3.63, 3.8) is 0 Å². The summed E-state index contributed by atoms with van der Waals surface area (Å²) in [6.45, 7) is 2.01. The van der Waals surface area contributed by atoms with Crippen LogP contribution in [0.2, 0.25) is 0 Å². The van der Waals surface area contributed by atoms with E-state index in [0.29, 0.717) is 28.9 Å². The monoisotopic (exact) mass is 495 g/mol. The van der Waals surface area contributed by atoms with E-state index in [1.165, 1.54) is 5.01 Å². The Morgan fingerprint density at radius 3 is 2.25 bits per heavy atom. The van der Waals surface area contributed by atoms with Gasteiger partial charge in [-0.15, -0.1) is 0 Å². The number of sulfonamides is 1. The first kappa shape index (κ1) is 23.5. The van der Waals surface area contributed by atoms with Crippen LogP contribution in [-0.4, -0.2) is 25.0 Å². The number of rotatable bonds is 6. The molecule has 5 rings (SSSR count). The van der Waals surface area contributed by atoms with Crippen molar-refractivity contribution in [3.05, 3.63) is 131 Å². The van der Waals surface area contributed by atoms with Gasteiger partial charge in [-0.05, 0) is 42.8 Å². The summed E-state index contributed by atoms with van der Waals surface area (Å²) >= 11 is 0. The van der Waals surface area contributed by atoms with Gasteiger partial charge in [0.1, 0.15) is 0 Å². The van der Waals surface area contributed by atoms with Crippen molar-refractivity contribution in [2.45, 2.75) is 24.3 Å². The first-order valence-electron chi connectivity index (χ1n) is 11.6. The SMILES string of the molecule is Cc1cccc([C@@H]2CC(c3ccccc3NS(=O)(=O)c3ccccc3)=NN2C(=O)c2ccccc2)c1. The summed E-state index contributed by atoms with van der Waals surface area (Å²) in [5, 5.41) is 6.27. The molecule has 7 heteroatoms. The van der Waals surface area contributed by atoms with Gasteiger partial charge in [-0.3, -0.25) is 9.52 Å². The van der Waals surface area contributed by atoms with E-state index >= 15 is 0 Å². The Bertz CT molecular complexity index is 1530. The smallest absolute Gasteiger partial charge is 0.274 e. The van der Waals surface area contributed by atoms with Crippen molar-refractivity contribution in [1.82, 2.24) is 5.01 Å². The maximum Gasteiger partial charge on any atom is 0.274 e. The predicted molar refractivity (Wildman–Crippen MR) is 141 cm³/mol. The number of amides is 1. The first-order chi connectivity index (χ1) is 17.4. The van der Waals surface area contributed by atoms with E-state index in [1.54, 1.807) is 54.6 Å². The van der Waals surface area contributed by atoms with E-state index in [9.17, 15) is 13.2 Å². The minimum absolute atomic E-state index is 0.173. The zero-order valence-corrected chi connectivity index (χ0v) is 20.5. The number of hydrazone groups is 1. The molecule has 0 radical (unpaired) electrons. The van der Waals surface area contributed by atoms with Crippen molar-refractivity contribution in [2.24, 2.45) is 5.10 Å². The maximum absolute atomic E-state index is 13.5. The lowest BCUT2D eigenvalue weighted by Gasteiger charge is -2.22. The van der Waals surface area contributed by atoms with E-state index in [2.05, 4.69) is 10.8 Å². The third kappa shape index (κ3) is 4.78. The number of carbonyl (C=O) groups excluding carboxylic acids is 1. The molecule has 0 fully saturated rings. The quantitative estimate of drug-likeness (QED) is 0.368. The molecule has 1 heterocycles. The summed E-state index contributed by atoms with van der Waals surface area (Å²) in [7, 11) is -3.80. The van der Waals surface area contributed by atoms with Crippen LogP contribution in [0.25, 0.3) is 0 Å². The molecular weight excluding hydrogens is 470 g/mol. The highest BCUT2D eigenvalue weighted by molar-refractivity contribution is 7.92. The number of carbonyl (C=O) groups is 1. The van der Waals surface area contributed by atoms with Crippen LogP contribution in [0.5, 0.6) is 0 Å². The molecule has 0 saturated heterocycles. The highest BCUT2D eigenvalue weighted by Crippen LogP contribution is 2.36. The Balaban J connectivity index is 1.54. The molecule has 1 atom stereocenters. The summed E-state index contributed by atoms with van der Waals surface area (Å²) < 4.78 is 28.8. The molecular formula is C29H25N3O3S. The van der Waals surface area contributed by atoms with Gasteiger partial charge in [0.15, 0.2) is 0 Å². The fourth-order valence-electron chi connectivity index (χ4n) is 4.34. The molecule has 6 nitrogen and oxygen atoms in total. The molecule has 0 spiro atoms. The van der Waals surface area contributed by atoms with Gasteiger partial charge in [0.05, 0.1) is 22.3 Å². The summed E-state index contributed by atoms with van der Waals surface area (Å²) in [6.07, 6.45) is 0.451. The van der Waals surface area contributed by atoms with E-state index in [4.69, 9.17) is 5.10 Å². The highest BCUT2D eigenvalue weighted by Gasteiger charge is 2.34. The molecule has 180 valence electrons. The number of benzene rings is 4. The first-order valence-corrected chi connectivity index (χ1v) is 13.1. The molecule has 0 unspecified atom stereocenters. The Morgan fingerprint density at radius 2 is 1.53 bits per heavy atom. The van der Waals surface area contributed by atoms with Crippen LogP contribution < -0.4 is 4.72 Å². The lowest BCUT2D eigenvalue weighted by atomic mass is 9.96. The van der Waals surface area contributed by atoms with Crippen LogP contribution in [0.4, 0.5) is 5.69 Å². The molecule has 1 amide bonds. The fourth-order valence-corrected chi connectivity index (χ4v) is 5.44. The standard InChI is InChI=1S/C29H25N3O3S/c1-21-11-10-14-23(19-21)28-20-27(30-32(28)29(33)22-12-4-2-5-13-22)25-17-8-9-18-26(25)31-36(34,35)24-15-6-3-7-16-24/h2-19,28,31H,20H2,1H3/t28-/m0/s1. The minimum Gasteiger partial charge on any atom is -0.279 e. The summed E-state index contributed by atoms with van der Waals surface area (Å²) in [6, 6.07) is 32.1. The second kappa shape index (κ2) is 9.79. The molecule has 1 N–H and O–H groups in total. The zero-order chi connectivity index (χ0) is 25.1. The third-order valence-corrected chi connectivity index (χ3v) is 7.48. The Morgan fingerprint density at radius 1 is 0.861 bits per heavy atom. The van der Waals surface area contributed by atoms with Gasteiger partial charge < -0.3 is 0 Å². The highest BCUT2D eigenvalue weighted by atomic mass is 32.2. The van der Waals surface area contributed by atoms with Crippen molar-refractivity contribution in [1.29, 1.82) is 0 Å². The van der Waals surface area contributed by atoms with Crippen LogP contribution in [0.1, 0.15) is 39.5 Å². The second-order valence-corrected chi connectivity index (χ2v) is 10.3. The van der Waals surface area contributed by atoms with Gasteiger partial charge in [-0.1, -0.05) is 84.4 Å². The van der Waals surface area contributed by atoms with Gasteiger partial charge in [0, 0.05) is 17.5 Å².